The number of alkyl halides is 3. The lowest BCUT2D eigenvalue weighted by atomic mass is 9.75. The fourth-order valence-electron chi connectivity index (χ4n) is 2.06. The third kappa shape index (κ3) is 5.36. The topological polar surface area (TPSA) is 72.6 Å². The van der Waals surface area contributed by atoms with Gasteiger partial charge in [0.15, 0.2) is 0 Å². The second kappa shape index (κ2) is 6.43. The van der Waals surface area contributed by atoms with Gasteiger partial charge in [0.2, 0.25) is 5.91 Å². The van der Waals surface area contributed by atoms with Gasteiger partial charge in [-0.2, -0.15) is 13.2 Å². The summed E-state index contributed by atoms with van der Waals surface area (Å²) in [5, 5.41) is 0. The molecule has 1 rings (SSSR count). The Bertz CT molecular complexity index is 367. The Labute approximate surface area is 115 Å². The summed E-state index contributed by atoms with van der Waals surface area (Å²) in [6.07, 6.45) is -2.75. The van der Waals surface area contributed by atoms with E-state index in [4.69, 9.17) is 5.73 Å². The van der Waals surface area contributed by atoms with E-state index in [0.29, 0.717) is 17.7 Å². The van der Waals surface area contributed by atoms with Crippen LogP contribution in [0, 0.1) is 0 Å². The van der Waals surface area contributed by atoms with Gasteiger partial charge >= 0.3 is 12.1 Å². The maximum atomic E-state index is 12.5. The highest BCUT2D eigenvalue weighted by molar-refractivity contribution is 5.78. The number of ether oxygens (including phenoxy) is 1. The molecule has 0 aliphatic heterocycles. The molecule has 5 nitrogen and oxygen atoms in total. The summed E-state index contributed by atoms with van der Waals surface area (Å²) >= 11 is 0. The molecule has 0 aromatic carbocycles. The van der Waals surface area contributed by atoms with Crippen LogP contribution in [0.4, 0.5) is 13.2 Å². The molecule has 1 saturated carbocycles. The van der Waals surface area contributed by atoms with Crippen molar-refractivity contribution in [3.05, 3.63) is 0 Å². The average molecular weight is 296 g/mol. The Morgan fingerprint density at radius 1 is 1.35 bits per heavy atom. The Kier molecular flexibility index (Phi) is 5.38. The molecule has 1 fully saturated rings. The van der Waals surface area contributed by atoms with Gasteiger partial charge in [-0.15, -0.1) is 0 Å². The van der Waals surface area contributed by atoms with Gasteiger partial charge in [0.25, 0.3) is 0 Å². The number of esters is 1. The fourth-order valence-corrected chi connectivity index (χ4v) is 2.06. The molecule has 1 aliphatic rings. The van der Waals surface area contributed by atoms with Gasteiger partial charge in [-0.3, -0.25) is 9.59 Å². The molecule has 0 aromatic heterocycles. The van der Waals surface area contributed by atoms with E-state index in [1.165, 1.54) is 0 Å². The molecule has 1 amide bonds. The van der Waals surface area contributed by atoms with E-state index in [2.05, 4.69) is 4.74 Å². The normalized spacial score (nSPS) is 17.2. The first-order valence-corrected chi connectivity index (χ1v) is 6.35. The van der Waals surface area contributed by atoms with Gasteiger partial charge in [0.05, 0.1) is 13.5 Å². The summed E-state index contributed by atoms with van der Waals surface area (Å²) in [5.74, 6) is -1.33. The monoisotopic (exact) mass is 296 g/mol. The van der Waals surface area contributed by atoms with E-state index < -0.39 is 30.1 Å². The first kappa shape index (κ1) is 16.7. The Balaban J connectivity index is 2.60. The van der Waals surface area contributed by atoms with Crippen molar-refractivity contribution in [2.24, 2.45) is 5.73 Å². The number of amides is 1. The second-order valence-electron chi connectivity index (χ2n) is 5.15. The smallest absolute Gasteiger partial charge is 0.406 e. The van der Waals surface area contributed by atoms with E-state index in [9.17, 15) is 22.8 Å². The molecule has 2 N–H and O–H groups in total. The van der Waals surface area contributed by atoms with E-state index in [-0.39, 0.29) is 19.4 Å². The fraction of sp³-hybridized carbons (Fsp3) is 0.833. The number of methoxy groups -OCH3 is 1. The predicted octanol–water partition coefficient (Wildman–Crippen LogP) is 1.21. The molecule has 1 aliphatic carbocycles. The summed E-state index contributed by atoms with van der Waals surface area (Å²) in [4.78, 5) is 23.5. The van der Waals surface area contributed by atoms with Gasteiger partial charge in [-0.05, 0) is 19.3 Å². The summed E-state index contributed by atoms with van der Waals surface area (Å²) in [7, 11) is 1.14. The van der Waals surface area contributed by atoms with Gasteiger partial charge in [0.1, 0.15) is 6.54 Å². The lowest BCUT2D eigenvalue weighted by Gasteiger charge is -2.39. The summed E-state index contributed by atoms with van der Waals surface area (Å²) in [6.45, 7) is -1.69. The SMILES string of the molecule is COC(=O)CCN(CC(F)(F)F)C(=O)CC1(N)CCC1. The van der Waals surface area contributed by atoms with Gasteiger partial charge < -0.3 is 15.4 Å². The molecule has 0 aromatic rings. The Hall–Kier alpha value is -1.31. The third-order valence-corrected chi connectivity index (χ3v) is 3.39. The summed E-state index contributed by atoms with van der Waals surface area (Å²) in [6, 6.07) is 0. The molecule has 0 bridgehead atoms. The first-order chi connectivity index (χ1) is 9.15. The van der Waals surface area contributed by atoms with Gasteiger partial charge in [-0.1, -0.05) is 0 Å². The van der Waals surface area contributed by atoms with Crippen molar-refractivity contribution in [1.82, 2.24) is 4.90 Å². The largest absolute Gasteiger partial charge is 0.469 e. The highest BCUT2D eigenvalue weighted by atomic mass is 19.4. The molecule has 0 spiro atoms. The Morgan fingerprint density at radius 3 is 2.35 bits per heavy atom. The number of rotatable bonds is 6. The highest BCUT2D eigenvalue weighted by Gasteiger charge is 2.39. The van der Waals surface area contributed by atoms with Crippen molar-refractivity contribution < 1.29 is 27.5 Å². The number of halogens is 3. The maximum Gasteiger partial charge on any atom is 0.406 e. The number of nitrogens with two attached hydrogens (primary N) is 1. The van der Waals surface area contributed by atoms with Crippen molar-refractivity contribution in [3.63, 3.8) is 0 Å². The lowest BCUT2D eigenvalue weighted by molar-refractivity contribution is -0.163. The third-order valence-electron chi connectivity index (χ3n) is 3.39. The molecule has 0 radical (unpaired) electrons. The van der Waals surface area contributed by atoms with E-state index >= 15 is 0 Å². The zero-order valence-electron chi connectivity index (χ0n) is 11.3. The van der Waals surface area contributed by atoms with Crippen LogP contribution in [0.2, 0.25) is 0 Å². The van der Waals surface area contributed by atoms with Crippen LogP contribution < -0.4 is 5.73 Å². The minimum absolute atomic E-state index is 0.121. The first-order valence-electron chi connectivity index (χ1n) is 6.35. The molecule has 0 unspecified atom stereocenters. The standard InChI is InChI=1S/C12H19F3N2O3/c1-20-10(19)3-6-17(8-12(13,14)15)9(18)7-11(16)4-2-5-11/h2-8,16H2,1H3. The van der Waals surface area contributed by atoms with Gasteiger partial charge in [-0.25, -0.2) is 0 Å². The van der Waals surface area contributed by atoms with E-state index in [1.807, 2.05) is 0 Å². The van der Waals surface area contributed by atoms with Crippen LogP contribution in [0.15, 0.2) is 0 Å². The van der Waals surface area contributed by atoms with E-state index in [0.717, 1.165) is 13.5 Å². The van der Waals surface area contributed by atoms with Crippen LogP contribution in [0.25, 0.3) is 0 Å². The summed E-state index contributed by atoms with van der Waals surface area (Å²) in [5.41, 5.74) is 5.18. The van der Waals surface area contributed by atoms with Crippen molar-refractivity contribution in [2.75, 3.05) is 20.2 Å². The van der Waals surface area contributed by atoms with Crippen molar-refractivity contribution in [2.45, 2.75) is 43.8 Å². The highest BCUT2D eigenvalue weighted by Crippen LogP contribution is 2.33. The zero-order chi connectivity index (χ0) is 15.4. The second-order valence-corrected chi connectivity index (χ2v) is 5.15. The Morgan fingerprint density at radius 2 is 1.95 bits per heavy atom. The van der Waals surface area contributed by atoms with Crippen molar-refractivity contribution in [1.29, 1.82) is 0 Å². The number of hydrogen-bond acceptors (Lipinski definition) is 4. The molecule has 116 valence electrons. The number of carbonyl (C=O) groups is 2. The van der Waals surface area contributed by atoms with Crippen molar-refractivity contribution >= 4 is 11.9 Å². The summed E-state index contributed by atoms with van der Waals surface area (Å²) < 4.78 is 41.7. The average Bonchev–Trinajstić information content (AvgIpc) is 2.30. The minimum Gasteiger partial charge on any atom is -0.469 e. The van der Waals surface area contributed by atoms with E-state index in [1.54, 1.807) is 0 Å². The molecular weight excluding hydrogens is 277 g/mol. The predicted molar refractivity (Wildman–Crippen MR) is 64.7 cm³/mol. The van der Waals surface area contributed by atoms with Crippen LogP contribution in [0.3, 0.4) is 0 Å². The zero-order valence-corrected chi connectivity index (χ0v) is 11.3. The molecule has 20 heavy (non-hydrogen) atoms. The van der Waals surface area contributed by atoms with Crippen LogP contribution in [-0.2, 0) is 14.3 Å². The van der Waals surface area contributed by atoms with Crippen LogP contribution >= 0.6 is 0 Å². The molecule has 0 saturated heterocycles. The van der Waals surface area contributed by atoms with Crippen LogP contribution in [0.1, 0.15) is 32.1 Å². The van der Waals surface area contributed by atoms with Crippen molar-refractivity contribution in [3.8, 4) is 0 Å². The molecule has 0 atom stereocenters. The quantitative estimate of drug-likeness (QED) is 0.748. The van der Waals surface area contributed by atoms with Gasteiger partial charge in [0, 0.05) is 18.5 Å². The molecule has 0 heterocycles. The number of hydrogen-bond donors (Lipinski definition) is 1. The van der Waals surface area contributed by atoms with Crippen LogP contribution in [0.5, 0.6) is 0 Å². The number of carbonyl (C=O) groups excluding carboxylic acids is 2. The maximum absolute atomic E-state index is 12.5. The number of nitrogens with zero attached hydrogens (tertiary/aromatic N) is 1. The van der Waals surface area contributed by atoms with Crippen LogP contribution in [-0.4, -0.2) is 48.7 Å². The minimum atomic E-state index is -4.51. The molecular formula is C12H19F3N2O3. The lowest BCUT2D eigenvalue weighted by Crippen LogP contribution is -2.51. The molecule has 8 heteroatoms.